The molecule has 1 spiro atoms. The highest BCUT2D eigenvalue weighted by atomic mass is 16.3. The zero-order valence-electron chi connectivity index (χ0n) is 30.3. The van der Waals surface area contributed by atoms with Crippen LogP contribution < -0.4 is 4.90 Å². The maximum absolute atomic E-state index is 6.44. The van der Waals surface area contributed by atoms with Crippen molar-refractivity contribution < 1.29 is 4.42 Å². The van der Waals surface area contributed by atoms with Gasteiger partial charge in [0.2, 0.25) is 0 Å². The van der Waals surface area contributed by atoms with Crippen LogP contribution in [0.5, 0.6) is 0 Å². The number of hydrogen-bond acceptors (Lipinski definition) is 2. The van der Waals surface area contributed by atoms with Gasteiger partial charge < -0.3 is 9.32 Å². The summed E-state index contributed by atoms with van der Waals surface area (Å²) in [6, 6.07) is 68.9. The Morgan fingerprint density at radius 3 is 1.63 bits per heavy atom. The lowest BCUT2D eigenvalue weighted by Gasteiger charge is -2.46. The van der Waals surface area contributed by atoms with E-state index in [1.165, 1.54) is 55.6 Å². The molecule has 0 atom stereocenters. The van der Waals surface area contributed by atoms with Crippen molar-refractivity contribution in [1.29, 1.82) is 0 Å². The Morgan fingerprint density at radius 1 is 0.370 bits per heavy atom. The molecule has 0 amide bonds. The van der Waals surface area contributed by atoms with E-state index in [1.807, 2.05) is 12.1 Å². The monoisotopic (exact) mass is 691 g/mol. The minimum atomic E-state index is -0.428. The Kier molecular flexibility index (Phi) is 6.55. The number of rotatable bonds is 4. The molecule has 9 aromatic rings. The van der Waals surface area contributed by atoms with Crippen molar-refractivity contribution in [3.8, 4) is 22.3 Å². The molecule has 2 nitrogen and oxygen atoms in total. The van der Waals surface area contributed by atoms with Crippen molar-refractivity contribution in [2.45, 2.75) is 24.7 Å². The zero-order valence-corrected chi connectivity index (χ0v) is 30.3. The number of hydrogen-bond donors (Lipinski definition) is 0. The van der Waals surface area contributed by atoms with Gasteiger partial charge in [0.05, 0.1) is 5.41 Å². The molecule has 8 aromatic carbocycles. The van der Waals surface area contributed by atoms with Gasteiger partial charge in [0, 0.05) is 39.3 Å². The number of para-hydroxylation sites is 1. The van der Waals surface area contributed by atoms with Crippen molar-refractivity contribution in [2.24, 2.45) is 0 Å². The fourth-order valence-corrected chi connectivity index (χ4v) is 9.73. The molecule has 0 fully saturated rings. The summed E-state index contributed by atoms with van der Waals surface area (Å²) in [5.41, 5.74) is 17.6. The maximum Gasteiger partial charge on any atom is 0.137 e. The number of nitrogens with zero attached hydrogens (tertiary/aromatic N) is 1. The summed E-state index contributed by atoms with van der Waals surface area (Å²) in [4.78, 5) is 2.38. The lowest BCUT2D eigenvalue weighted by Crippen LogP contribution is -2.40. The van der Waals surface area contributed by atoms with Gasteiger partial charge in [0.25, 0.3) is 0 Å². The van der Waals surface area contributed by atoms with Crippen molar-refractivity contribution in [1.82, 2.24) is 0 Å². The zero-order chi connectivity index (χ0) is 36.0. The molecule has 1 heterocycles. The van der Waals surface area contributed by atoms with E-state index in [0.29, 0.717) is 0 Å². The van der Waals surface area contributed by atoms with Gasteiger partial charge >= 0.3 is 0 Å². The first-order chi connectivity index (χ1) is 26.5. The second-order valence-corrected chi connectivity index (χ2v) is 15.3. The van der Waals surface area contributed by atoms with Crippen LogP contribution in [0.15, 0.2) is 192 Å². The largest absolute Gasteiger partial charge is 0.456 e. The third kappa shape index (κ3) is 4.22. The van der Waals surface area contributed by atoms with Gasteiger partial charge in [-0.05, 0) is 98.1 Å². The topological polar surface area (TPSA) is 16.4 Å². The fraction of sp³-hybridized carbons (Fsp3) is 0.0769. The summed E-state index contributed by atoms with van der Waals surface area (Å²) in [5, 5.41) is 2.25. The van der Waals surface area contributed by atoms with E-state index in [2.05, 4.69) is 195 Å². The predicted octanol–water partition coefficient (Wildman–Crippen LogP) is 13.7. The summed E-state index contributed by atoms with van der Waals surface area (Å²) < 4.78 is 6.44. The van der Waals surface area contributed by atoms with Crippen LogP contribution in [0.25, 0.3) is 44.2 Å². The standard InChI is InChI=1S/C52H37NO/c1-51(2)45-19-9-11-21-47(45)52(48-22-12-10-20-46(48)51)43-18-8-6-16-39(43)42-32-37(29-31-44(42)52)53(36-26-24-35(25-27-36)34-14-4-3-5-15-34)38-28-30-41-40-17-7-13-23-49(40)54-50(41)33-38/h3-33H,1-2H3. The van der Waals surface area contributed by atoms with E-state index >= 15 is 0 Å². The molecule has 2 heteroatoms. The summed E-state index contributed by atoms with van der Waals surface area (Å²) in [6.07, 6.45) is 0. The molecule has 2 aliphatic carbocycles. The summed E-state index contributed by atoms with van der Waals surface area (Å²) in [5.74, 6) is 0. The molecular weight excluding hydrogens is 655 g/mol. The van der Waals surface area contributed by atoms with Gasteiger partial charge in [0.15, 0.2) is 0 Å². The molecule has 0 unspecified atom stereocenters. The Labute approximate surface area is 315 Å². The molecule has 11 rings (SSSR count). The maximum atomic E-state index is 6.44. The molecule has 54 heavy (non-hydrogen) atoms. The lowest BCUT2D eigenvalue weighted by molar-refractivity contribution is 0.563. The van der Waals surface area contributed by atoms with Crippen LogP contribution in [0.3, 0.4) is 0 Å². The first-order valence-electron chi connectivity index (χ1n) is 18.8. The van der Waals surface area contributed by atoms with Gasteiger partial charge in [-0.25, -0.2) is 0 Å². The van der Waals surface area contributed by atoms with Crippen molar-refractivity contribution >= 4 is 39.0 Å². The number of benzene rings is 8. The van der Waals surface area contributed by atoms with Crippen LogP contribution in [0.2, 0.25) is 0 Å². The van der Waals surface area contributed by atoms with Gasteiger partial charge in [0.1, 0.15) is 11.2 Å². The summed E-state index contributed by atoms with van der Waals surface area (Å²) in [7, 11) is 0. The van der Waals surface area contributed by atoms with Crippen molar-refractivity contribution in [3.63, 3.8) is 0 Å². The third-order valence-corrected chi connectivity index (χ3v) is 12.1. The highest BCUT2D eigenvalue weighted by Gasteiger charge is 2.53. The van der Waals surface area contributed by atoms with Crippen LogP contribution in [0, 0.1) is 0 Å². The molecular formula is C52H37NO. The normalized spacial score (nSPS) is 14.4. The molecule has 0 radical (unpaired) electrons. The van der Waals surface area contributed by atoms with Gasteiger partial charge in [-0.1, -0.05) is 153 Å². The minimum Gasteiger partial charge on any atom is -0.456 e. The Balaban J connectivity index is 1.15. The van der Waals surface area contributed by atoms with Crippen LogP contribution in [0.1, 0.15) is 47.2 Å². The smallest absolute Gasteiger partial charge is 0.137 e. The predicted molar refractivity (Wildman–Crippen MR) is 223 cm³/mol. The second kappa shape index (κ2) is 11.4. The second-order valence-electron chi connectivity index (χ2n) is 15.3. The molecule has 2 aliphatic rings. The van der Waals surface area contributed by atoms with E-state index in [9.17, 15) is 0 Å². The fourth-order valence-electron chi connectivity index (χ4n) is 9.73. The van der Waals surface area contributed by atoms with Crippen molar-refractivity contribution in [3.05, 3.63) is 221 Å². The SMILES string of the molecule is CC1(C)c2ccccc2C2(c3ccccc3-c3cc(N(c4ccc(-c5ccccc5)cc4)c4ccc5c(c4)oc4ccccc45)ccc32)c2ccccc21. The van der Waals surface area contributed by atoms with Crippen LogP contribution in [-0.2, 0) is 10.8 Å². The molecule has 0 saturated carbocycles. The number of furan rings is 1. The highest BCUT2D eigenvalue weighted by Crippen LogP contribution is 2.62. The molecule has 256 valence electrons. The number of anilines is 3. The third-order valence-electron chi connectivity index (χ3n) is 12.1. The van der Waals surface area contributed by atoms with E-state index in [4.69, 9.17) is 4.42 Å². The quantitative estimate of drug-likeness (QED) is 0.183. The van der Waals surface area contributed by atoms with Crippen molar-refractivity contribution in [2.75, 3.05) is 4.90 Å². The average Bonchev–Trinajstić information content (AvgIpc) is 3.74. The Bertz CT molecular complexity index is 2860. The molecule has 0 bridgehead atoms. The average molecular weight is 692 g/mol. The van der Waals surface area contributed by atoms with Gasteiger partial charge in [-0.3, -0.25) is 0 Å². The van der Waals surface area contributed by atoms with Gasteiger partial charge in [-0.15, -0.1) is 0 Å². The minimum absolute atomic E-state index is 0.131. The van der Waals surface area contributed by atoms with Gasteiger partial charge in [-0.2, -0.15) is 0 Å². The van der Waals surface area contributed by atoms with E-state index in [0.717, 1.165) is 39.0 Å². The summed E-state index contributed by atoms with van der Waals surface area (Å²) >= 11 is 0. The molecule has 0 aliphatic heterocycles. The van der Waals surface area contributed by atoms with Crippen LogP contribution >= 0.6 is 0 Å². The summed E-state index contributed by atoms with van der Waals surface area (Å²) in [6.45, 7) is 4.75. The van der Waals surface area contributed by atoms with E-state index in [1.54, 1.807) is 0 Å². The Hall–Kier alpha value is -6.64. The first kappa shape index (κ1) is 30.9. The number of fused-ring (bicyclic) bond motifs is 12. The van der Waals surface area contributed by atoms with Crippen LogP contribution in [-0.4, -0.2) is 0 Å². The van der Waals surface area contributed by atoms with E-state index in [-0.39, 0.29) is 5.41 Å². The molecule has 0 saturated heterocycles. The first-order valence-corrected chi connectivity index (χ1v) is 18.8. The van der Waals surface area contributed by atoms with Crippen LogP contribution in [0.4, 0.5) is 17.1 Å². The molecule has 0 N–H and O–H groups in total. The lowest BCUT2D eigenvalue weighted by atomic mass is 9.55. The molecule has 1 aromatic heterocycles. The highest BCUT2D eigenvalue weighted by molar-refractivity contribution is 6.06. The Morgan fingerprint density at radius 2 is 0.889 bits per heavy atom. The van der Waals surface area contributed by atoms with E-state index < -0.39 is 5.41 Å².